The molecule has 4 rings (SSSR count). The molecule has 174 valence electrons. The van der Waals surface area contributed by atoms with E-state index in [1.807, 2.05) is 12.1 Å². The van der Waals surface area contributed by atoms with Crippen LogP contribution in [0.2, 0.25) is 0 Å². The maximum Gasteiger partial charge on any atom is 0.256 e. The van der Waals surface area contributed by atoms with Gasteiger partial charge in [-0.2, -0.15) is 0 Å². The maximum absolute atomic E-state index is 13.1. The van der Waals surface area contributed by atoms with Gasteiger partial charge in [0.1, 0.15) is 16.5 Å². The summed E-state index contributed by atoms with van der Waals surface area (Å²) in [6.45, 7) is 7.30. The molecule has 33 heavy (non-hydrogen) atoms. The van der Waals surface area contributed by atoms with E-state index < -0.39 is 0 Å². The number of rotatable bonds is 7. The maximum atomic E-state index is 13.1. The number of amides is 1. The number of hydrogen-bond donors (Lipinski definition) is 1. The molecule has 0 spiro atoms. The molecule has 1 fully saturated rings. The standard InChI is InChI=1S/C26H30N2O4S/c1-17-18(2)33-26(27-25(29)20-7-11-22(31-4)12-8-20)23(17)24(28-13-15-32-16-14-28)19-5-9-21(30-3)10-6-19/h5-12,24H,13-16H2,1-4H3,(H,27,29). The molecule has 2 heterocycles. The second kappa shape index (κ2) is 10.4. The van der Waals surface area contributed by atoms with Crippen LogP contribution in [0, 0.1) is 13.8 Å². The third-order valence-electron chi connectivity index (χ3n) is 6.13. The molecule has 1 unspecified atom stereocenters. The summed E-state index contributed by atoms with van der Waals surface area (Å²) in [5.74, 6) is 1.42. The van der Waals surface area contributed by atoms with Crippen molar-refractivity contribution in [1.82, 2.24) is 4.90 Å². The minimum Gasteiger partial charge on any atom is -0.497 e. The molecule has 0 bridgehead atoms. The smallest absolute Gasteiger partial charge is 0.256 e. The fraction of sp³-hybridized carbons (Fsp3) is 0.346. The number of morpholine rings is 1. The van der Waals surface area contributed by atoms with Gasteiger partial charge in [-0.25, -0.2) is 0 Å². The highest BCUT2D eigenvalue weighted by Gasteiger charge is 2.30. The van der Waals surface area contributed by atoms with E-state index in [9.17, 15) is 4.79 Å². The molecule has 6 nitrogen and oxygen atoms in total. The average molecular weight is 467 g/mol. The van der Waals surface area contributed by atoms with Crippen molar-refractivity contribution >= 4 is 22.2 Å². The van der Waals surface area contributed by atoms with Crippen molar-refractivity contribution in [1.29, 1.82) is 0 Å². The number of benzene rings is 2. The van der Waals surface area contributed by atoms with Crippen molar-refractivity contribution in [2.24, 2.45) is 0 Å². The molecule has 1 aliphatic rings. The molecule has 0 aliphatic carbocycles. The monoisotopic (exact) mass is 466 g/mol. The number of carbonyl (C=O) groups is 1. The Morgan fingerprint density at radius 1 is 0.970 bits per heavy atom. The van der Waals surface area contributed by atoms with Gasteiger partial charge in [0.25, 0.3) is 5.91 Å². The quantitative estimate of drug-likeness (QED) is 0.528. The third-order valence-corrected chi connectivity index (χ3v) is 7.27. The van der Waals surface area contributed by atoms with E-state index in [4.69, 9.17) is 14.2 Å². The van der Waals surface area contributed by atoms with Crippen LogP contribution < -0.4 is 14.8 Å². The van der Waals surface area contributed by atoms with Crippen LogP contribution in [0.5, 0.6) is 11.5 Å². The number of nitrogens with one attached hydrogen (secondary N) is 1. The summed E-state index contributed by atoms with van der Waals surface area (Å²) < 4.78 is 16.2. The van der Waals surface area contributed by atoms with E-state index in [0.29, 0.717) is 18.8 Å². The Balaban J connectivity index is 1.72. The van der Waals surface area contributed by atoms with Gasteiger partial charge in [0, 0.05) is 29.1 Å². The Labute approximate surface area is 199 Å². The normalized spacial score (nSPS) is 15.2. The van der Waals surface area contributed by atoms with Crippen molar-refractivity contribution in [2.75, 3.05) is 45.8 Å². The molecule has 2 aromatic carbocycles. The Morgan fingerprint density at radius 2 is 1.55 bits per heavy atom. The van der Waals surface area contributed by atoms with E-state index in [1.165, 1.54) is 16.0 Å². The number of thiophene rings is 1. The molecule has 1 atom stereocenters. The van der Waals surface area contributed by atoms with Gasteiger partial charge >= 0.3 is 0 Å². The summed E-state index contributed by atoms with van der Waals surface area (Å²) in [6.07, 6.45) is 0. The average Bonchev–Trinajstić information content (AvgIpc) is 3.13. The molecule has 7 heteroatoms. The number of aryl methyl sites for hydroxylation is 1. The number of ether oxygens (including phenoxy) is 3. The van der Waals surface area contributed by atoms with Crippen LogP contribution in [0.3, 0.4) is 0 Å². The van der Waals surface area contributed by atoms with Gasteiger partial charge in [-0.05, 0) is 61.4 Å². The van der Waals surface area contributed by atoms with Crippen molar-refractivity contribution in [3.63, 3.8) is 0 Å². The van der Waals surface area contributed by atoms with Crippen molar-refractivity contribution in [3.05, 3.63) is 75.7 Å². The third kappa shape index (κ3) is 5.05. The predicted molar refractivity (Wildman–Crippen MR) is 132 cm³/mol. The molecule has 0 radical (unpaired) electrons. The summed E-state index contributed by atoms with van der Waals surface area (Å²) in [5.41, 5.74) is 4.11. The number of methoxy groups -OCH3 is 2. The Kier molecular flexibility index (Phi) is 7.33. The van der Waals surface area contributed by atoms with E-state index in [-0.39, 0.29) is 11.9 Å². The van der Waals surface area contributed by atoms with Gasteiger partial charge in [-0.3, -0.25) is 9.69 Å². The van der Waals surface area contributed by atoms with Crippen LogP contribution in [0.1, 0.15) is 38.0 Å². The number of nitrogens with zero attached hydrogens (tertiary/aromatic N) is 1. The largest absolute Gasteiger partial charge is 0.497 e. The van der Waals surface area contributed by atoms with Gasteiger partial charge < -0.3 is 19.5 Å². The van der Waals surface area contributed by atoms with Gasteiger partial charge in [-0.1, -0.05) is 12.1 Å². The topological polar surface area (TPSA) is 60.0 Å². The number of anilines is 1. The first-order chi connectivity index (χ1) is 16.0. The van der Waals surface area contributed by atoms with Crippen molar-refractivity contribution < 1.29 is 19.0 Å². The fourth-order valence-corrected chi connectivity index (χ4v) is 5.25. The Morgan fingerprint density at radius 3 is 2.12 bits per heavy atom. The highest BCUT2D eigenvalue weighted by atomic mass is 32.1. The summed E-state index contributed by atoms with van der Waals surface area (Å²) in [4.78, 5) is 16.7. The summed E-state index contributed by atoms with van der Waals surface area (Å²) >= 11 is 1.63. The Bertz CT molecular complexity index is 1090. The summed E-state index contributed by atoms with van der Waals surface area (Å²) in [7, 11) is 3.29. The molecule has 1 N–H and O–H groups in total. The van der Waals surface area contributed by atoms with Crippen LogP contribution in [-0.2, 0) is 4.74 Å². The number of carbonyl (C=O) groups excluding carboxylic acids is 1. The first kappa shape index (κ1) is 23.3. The van der Waals surface area contributed by atoms with Crippen LogP contribution in [0.15, 0.2) is 48.5 Å². The first-order valence-corrected chi connectivity index (χ1v) is 11.8. The fourth-order valence-electron chi connectivity index (χ4n) is 4.17. The zero-order valence-electron chi connectivity index (χ0n) is 19.5. The molecule has 0 saturated carbocycles. The van der Waals surface area contributed by atoms with Gasteiger partial charge in [0.15, 0.2) is 0 Å². The van der Waals surface area contributed by atoms with Crippen LogP contribution in [-0.4, -0.2) is 51.3 Å². The van der Waals surface area contributed by atoms with Crippen molar-refractivity contribution in [3.8, 4) is 11.5 Å². The lowest BCUT2D eigenvalue weighted by atomic mass is 9.94. The lowest BCUT2D eigenvalue weighted by molar-refractivity contribution is 0.0240. The molecule has 1 aliphatic heterocycles. The number of hydrogen-bond acceptors (Lipinski definition) is 6. The lowest BCUT2D eigenvalue weighted by Gasteiger charge is -2.35. The Hall–Kier alpha value is -2.87. The zero-order valence-corrected chi connectivity index (χ0v) is 20.3. The van der Waals surface area contributed by atoms with E-state index >= 15 is 0 Å². The molecular weight excluding hydrogens is 436 g/mol. The van der Waals surface area contributed by atoms with E-state index in [2.05, 4.69) is 36.2 Å². The molecule has 1 saturated heterocycles. The zero-order chi connectivity index (χ0) is 23.4. The summed E-state index contributed by atoms with van der Waals surface area (Å²) in [5, 5.41) is 4.08. The van der Waals surface area contributed by atoms with Crippen LogP contribution >= 0.6 is 11.3 Å². The summed E-state index contributed by atoms with van der Waals surface area (Å²) in [6, 6.07) is 15.4. The molecule has 1 aromatic heterocycles. The predicted octanol–water partition coefficient (Wildman–Crippen LogP) is 5.06. The second-order valence-electron chi connectivity index (χ2n) is 8.03. The van der Waals surface area contributed by atoms with Crippen molar-refractivity contribution in [2.45, 2.75) is 19.9 Å². The van der Waals surface area contributed by atoms with Gasteiger partial charge in [-0.15, -0.1) is 11.3 Å². The first-order valence-electron chi connectivity index (χ1n) is 11.0. The minimum absolute atomic E-state index is 0.0101. The SMILES string of the molecule is COc1ccc(C(=O)Nc2sc(C)c(C)c2C(c2ccc(OC)cc2)N2CCOCC2)cc1. The highest BCUT2D eigenvalue weighted by Crippen LogP contribution is 2.42. The van der Waals surface area contributed by atoms with Gasteiger partial charge in [0.2, 0.25) is 0 Å². The van der Waals surface area contributed by atoms with E-state index in [0.717, 1.165) is 35.2 Å². The minimum atomic E-state index is -0.129. The second-order valence-corrected chi connectivity index (χ2v) is 9.26. The van der Waals surface area contributed by atoms with Gasteiger partial charge in [0.05, 0.1) is 33.5 Å². The van der Waals surface area contributed by atoms with Crippen LogP contribution in [0.4, 0.5) is 5.00 Å². The lowest BCUT2D eigenvalue weighted by Crippen LogP contribution is -2.39. The highest BCUT2D eigenvalue weighted by molar-refractivity contribution is 7.16. The van der Waals surface area contributed by atoms with Crippen LogP contribution in [0.25, 0.3) is 0 Å². The molecular formula is C26H30N2O4S. The molecule has 1 amide bonds. The molecule has 3 aromatic rings. The van der Waals surface area contributed by atoms with E-state index in [1.54, 1.807) is 49.8 Å².